The molecule has 0 saturated carbocycles. The maximum absolute atomic E-state index is 6.11. The summed E-state index contributed by atoms with van der Waals surface area (Å²) in [6, 6.07) is 20.3. The first-order chi connectivity index (χ1) is 15.1. The van der Waals surface area contributed by atoms with Crippen LogP contribution in [0.25, 0.3) is 10.9 Å². The molecule has 0 aliphatic heterocycles. The quantitative estimate of drug-likeness (QED) is 0.396. The predicted octanol–water partition coefficient (Wildman–Crippen LogP) is 5.54. The molecule has 0 spiro atoms. The van der Waals surface area contributed by atoms with Crippen LogP contribution in [0.3, 0.4) is 0 Å². The average molecular weight is 433 g/mol. The van der Waals surface area contributed by atoms with Gasteiger partial charge in [-0.05, 0) is 54.6 Å². The maximum atomic E-state index is 6.11. The minimum Gasteiger partial charge on any atom is -0.495 e. The lowest BCUT2D eigenvalue weighted by Gasteiger charge is -2.19. The van der Waals surface area contributed by atoms with E-state index in [0.717, 1.165) is 47.7 Å². The van der Waals surface area contributed by atoms with Crippen molar-refractivity contribution in [3.05, 3.63) is 94.9 Å². The van der Waals surface area contributed by atoms with E-state index >= 15 is 0 Å². The Morgan fingerprint density at radius 1 is 0.968 bits per heavy atom. The number of methoxy groups -OCH3 is 1. The van der Waals surface area contributed by atoms with Crippen LogP contribution in [0.4, 0.5) is 5.69 Å². The SMILES string of the molecule is COc1ccc(CN(C)Cc2ccccc2CNc2ccnc3cc(Cl)ccc23)nc1. The third kappa shape index (κ3) is 5.32. The number of nitrogens with zero attached hydrogens (tertiary/aromatic N) is 3. The van der Waals surface area contributed by atoms with Crippen LogP contribution in [-0.4, -0.2) is 29.0 Å². The minimum absolute atomic E-state index is 0.692. The summed E-state index contributed by atoms with van der Waals surface area (Å²) in [6.45, 7) is 2.33. The fourth-order valence-electron chi connectivity index (χ4n) is 3.60. The number of hydrogen-bond acceptors (Lipinski definition) is 5. The van der Waals surface area contributed by atoms with Crippen LogP contribution >= 0.6 is 11.6 Å². The van der Waals surface area contributed by atoms with Crippen molar-refractivity contribution in [2.45, 2.75) is 19.6 Å². The smallest absolute Gasteiger partial charge is 0.137 e. The van der Waals surface area contributed by atoms with Gasteiger partial charge in [0, 0.05) is 41.9 Å². The number of anilines is 1. The molecule has 0 aliphatic carbocycles. The molecular formula is C25H25ClN4O. The molecule has 4 rings (SSSR count). The topological polar surface area (TPSA) is 50.3 Å². The molecule has 0 saturated heterocycles. The molecule has 6 heteroatoms. The van der Waals surface area contributed by atoms with Gasteiger partial charge in [-0.2, -0.15) is 0 Å². The first-order valence-electron chi connectivity index (χ1n) is 10.1. The van der Waals surface area contributed by atoms with Gasteiger partial charge in [0.05, 0.1) is 24.5 Å². The Kier molecular flexibility index (Phi) is 6.65. The first-order valence-corrected chi connectivity index (χ1v) is 10.5. The number of aromatic nitrogens is 2. The van der Waals surface area contributed by atoms with Gasteiger partial charge in [-0.1, -0.05) is 35.9 Å². The first kappa shape index (κ1) is 21.1. The second-order valence-corrected chi connectivity index (χ2v) is 7.94. The summed E-state index contributed by atoms with van der Waals surface area (Å²) >= 11 is 6.11. The van der Waals surface area contributed by atoms with E-state index in [2.05, 4.69) is 51.5 Å². The highest BCUT2D eigenvalue weighted by Gasteiger charge is 2.09. The fraction of sp³-hybridized carbons (Fsp3) is 0.200. The summed E-state index contributed by atoms with van der Waals surface area (Å²) in [7, 11) is 3.76. The van der Waals surface area contributed by atoms with Crippen molar-refractivity contribution in [3.8, 4) is 5.75 Å². The highest BCUT2D eigenvalue weighted by molar-refractivity contribution is 6.31. The van der Waals surface area contributed by atoms with Crippen molar-refractivity contribution in [2.24, 2.45) is 0 Å². The van der Waals surface area contributed by atoms with Crippen LogP contribution in [-0.2, 0) is 19.6 Å². The molecule has 2 heterocycles. The number of benzene rings is 2. The third-order valence-corrected chi connectivity index (χ3v) is 5.43. The zero-order valence-electron chi connectivity index (χ0n) is 17.7. The zero-order chi connectivity index (χ0) is 21.6. The second-order valence-electron chi connectivity index (χ2n) is 7.50. The van der Waals surface area contributed by atoms with Gasteiger partial charge in [-0.25, -0.2) is 0 Å². The Morgan fingerprint density at radius 2 is 1.81 bits per heavy atom. The Bertz CT molecular complexity index is 1160. The molecule has 5 nitrogen and oxygen atoms in total. The highest BCUT2D eigenvalue weighted by Crippen LogP contribution is 2.25. The van der Waals surface area contributed by atoms with Gasteiger partial charge in [-0.3, -0.25) is 14.9 Å². The van der Waals surface area contributed by atoms with Gasteiger partial charge in [0.1, 0.15) is 5.75 Å². The highest BCUT2D eigenvalue weighted by atomic mass is 35.5. The Morgan fingerprint density at radius 3 is 2.58 bits per heavy atom. The number of rotatable bonds is 8. The Balaban J connectivity index is 1.45. The number of fused-ring (bicyclic) bond motifs is 1. The summed E-state index contributed by atoms with van der Waals surface area (Å²) in [6.07, 6.45) is 3.57. The molecular weight excluding hydrogens is 408 g/mol. The number of ether oxygens (including phenoxy) is 1. The van der Waals surface area contributed by atoms with Crippen molar-refractivity contribution < 1.29 is 4.74 Å². The van der Waals surface area contributed by atoms with E-state index in [1.165, 1.54) is 11.1 Å². The molecule has 0 radical (unpaired) electrons. The van der Waals surface area contributed by atoms with E-state index < -0.39 is 0 Å². The number of nitrogens with one attached hydrogen (secondary N) is 1. The number of halogens is 1. The van der Waals surface area contributed by atoms with Crippen LogP contribution in [0.2, 0.25) is 5.02 Å². The summed E-state index contributed by atoms with van der Waals surface area (Å²) < 4.78 is 5.19. The second kappa shape index (κ2) is 9.77. The lowest BCUT2D eigenvalue weighted by molar-refractivity contribution is 0.313. The van der Waals surface area contributed by atoms with Crippen LogP contribution in [0, 0.1) is 0 Å². The fourth-order valence-corrected chi connectivity index (χ4v) is 3.76. The molecule has 4 aromatic rings. The van der Waals surface area contributed by atoms with Crippen molar-refractivity contribution in [1.29, 1.82) is 0 Å². The van der Waals surface area contributed by atoms with E-state index in [-0.39, 0.29) is 0 Å². The van der Waals surface area contributed by atoms with Crippen molar-refractivity contribution in [2.75, 3.05) is 19.5 Å². The molecule has 0 aliphatic rings. The molecule has 1 N–H and O–H groups in total. The van der Waals surface area contributed by atoms with E-state index in [0.29, 0.717) is 5.02 Å². The summed E-state index contributed by atoms with van der Waals surface area (Å²) in [4.78, 5) is 11.2. The van der Waals surface area contributed by atoms with Crippen molar-refractivity contribution in [1.82, 2.24) is 14.9 Å². The molecule has 0 unspecified atom stereocenters. The minimum atomic E-state index is 0.692. The Labute approximate surface area is 187 Å². The van der Waals surface area contributed by atoms with Crippen LogP contribution < -0.4 is 10.1 Å². The third-order valence-electron chi connectivity index (χ3n) is 5.20. The van der Waals surface area contributed by atoms with Gasteiger partial charge in [0.2, 0.25) is 0 Å². The van der Waals surface area contributed by atoms with Crippen molar-refractivity contribution >= 4 is 28.2 Å². The lowest BCUT2D eigenvalue weighted by atomic mass is 10.1. The van der Waals surface area contributed by atoms with Crippen molar-refractivity contribution in [3.63, 3.8) is 0 Å². The van der Waals surface area contributed by atoms with E-state index in [4.69, 9.17) is 16.3 Å². The molecule has 0 amide bonds. The molecule has 0 fully saturated rings. The lowest BCUT2D eigenvalue weighted by Crippen LogP contribution is -2.19. The normalized spacial score (nSPS) is 11.1. The van der Waals surface area contributed by atoms with Gasteiger partial charge >= 0.3 is 0 Å². The van der Waals surface area contributed by atoms with E-state index in [1.807, 2.05) is 42.6 Å². The molecule has 31 heavy (non-hydrogen) atoms. The number of pyridine rings is 2. The van der Waals surface area contributed by atoms with Gasteiger partial charge in [0.15, 0.2) is 0 Å². The monoisotopic (exact) mass is 432 g/mol. The van der Waals surface area contributed by atoms with E-state index in [1.54, 1.807) is 13.3 Å². The van der Waals surface area contributed by atoms with Crippen LogP contribution in [0.1, 0.15) is 16.8 Å². The summed E-state index contributed by atoms with van der Waals surface area (Å²) in [5.74, 6) is 0.772. The molecule has 2 aromatic heterocycles. The van der Waals surface area contributed by atoms with Gasteiger partial charge < -0.3 is 10.1 Å². The molecule has 2 aromatic carbocycles. The molecule has 158 valence electrons. The van der Waals surface area contributed by atoms with Crippen LogP contribution in [0.5, 0.6) is 5.75 Å². The average Bonchev–Trinajstić information content (AvgIpc) is 2.78. The maximum Gasteiger partial charge on any atom is 0.137 e. The number of hydrogen-bond donors (Lipinski definition) is 1. The predicted molar refractivity (Wildman–Crippen MR) is 126 cm³/mol. The Hall–Kier alpha value is -3.15. The summed E-state index contributed by atoms with van der Waals surface area (Å²) in [5.41, 5.74) is 5.49. The molecule has 0 atom stereocenters. The van der Waals surface area contributed by atoms with Gasteiger partial charge in [-0.15, -0.1) is 0 Å². The zero-order valence-corrected chi connectivity index (χ0v) is 18.4. The van der Waals surface area contributed by atoms with E-state index in [9.17, 15) is 0 Å². The molecule has 0 bridgehead atoms. The standard InChI is InChI=1S/C25H25ClN4O/c1-30(17-21-8-9-22(31-2)15-28-21)16-19-6-4-3-5-18(19)14-29-24-11-12-27-25-13-20(26)7-10-23(24)25/h3-13,15H,14,16-17H2,1-2H3,(H,27,29). The summed E-state index contributed by atoms with van der Waals surface area (Å²) in [5, 5.41) is 5.33. The van der Waals surface area contributed by atoms with Crippen LogP contribution in [0.15, 0.2) is 73.1 Å². The van der Waals surface area contributed by atoms with Gasteiger partial charge in [0.25, 0.3) is 0 Å². The largest absolute Gasteiger partial charge is 0.495 e.